The maximum atomic E-state index is 12.2. The standard InChI is InChI=1S/C12H14N4OS/c1-8(11-14-5-6-18-11)16(2)12(17)9-3-4-10(13)15-7-9/h3-8H,1-2H3,(H2,13,15)/t8-/m0/s1. The number of carbonyl (C=O) groups is 1. The average Bonchev–Trinajstić information content (AvgIpc) is 2.91. The molecule has 2 aromatic heterocycles. The molecule has 1 amide bonds. The Labute approximate surface area is 109 Å². The van der Waals surface area contributed by atoms with E-state index in [-0.39, 0.29) is 11.9 Å². The van der Waals surface area contributed by atoms with E-state index in [1.165, 1.54) is 17.5 Å². The summed E-state index contributed by atoms with van der Waals surface area (Å²) in [5.41, 5.74) is 6.02. The second kappa shape index (κ2) is 5.14. The van der Waals surface area contributed by atoms with E-state index in [1.807, 2.05) is 12.3 Å². The molecule has 1 atom stereocenters. The van der Waals surface area contributed by atoms with Gasteiger partial charge >= 0.3 is 0 Å². The van der Waals surface area contributed by atoms with Gasteiger partial charge < -0.3 is 10.6 Å². The van der Waals surface area contributed by atoms with E-state index in [1.54, 1.807) is 30.3 Å². The molecule has 0 aliphatic rings. The molecule has 5 nitrogen and oxygen atoms in total. The summed E-state index contributed by atoms with van der Waals surface area (Å²) < 4.78 is 0. The molecule has 18 heavy (non-hydrogen) atoms. The van der Waals surface area contributed by atoms with Crippen LogP contribution in [0.5, 0.6) is 0 Å². The molecule has 2 heterocycles. The van der Waals surface area contributed by atoms with Crippen molar-refractivity contribution in [2.75, 3.05) is 12.8 Å². The molecule has 0 saturated heterocycles. The lowest BCUT2D eigenvalue weighted by atomic mass is 10.2. The number of hydrogen-bond acceptors (Lipinski definition) is 5. The third-order valence-electron chi connectivity index (χ3n) is 2.74. The number of thiazole rings is 1. The minimum Gasteiger partial charge on any atom is -0.384 e. The smallest absolute Gasteiger partial charge is 0.255 e. The zero-order chi connectivity index (χ0) is 13.1. The summed E-state index contributed by atoms with van der Waals surface area (Å²) in [6, 6.07) is 3.24. The molecule has 2 N–H and O–H groups in total. The van der Waals surface area contributed by atoms with Gasteiger partial charge in [-0.1, -0.05) is 0 Å². The quantitative estimate of drug-likeness (QED) is 0.917. The molecule has 0 unspecified atom stereocenters. The highest BCUT2D eigenvalue weighted by molar-refractivity contribution is 7.09. The van der Waals surface area contributed by atoms with Gasteiger partial charge in [-0.15, -0.1) is 11.3 Å². The first kappa shape index (κ1) is 12.5. The molecular weight excluding hydrogens is 248 g/mol. The van der Waals surface area contributed by atoms with Crippen molar-refractivity contribution in [3.05, 3.63) is 40.5 Å². The van der Waals surface area contributed by atoms with Crippen molar-refractivity contribution < 1.29 is 4.79 Å². The van der Waals surface area contributed by atoms with Crippen molar-refractivity contribution in [2.24, 2.45) is 0 Å². The monoisotopic (exact) mass is 262 g/mol. The summed E-state index contributed by atoms with van der Waals surface area (Å²) in [7, 11) is 1.75. The summed E-state index contributed by atoms with van der Waals surface area (Å²) in [4.78, 5) is 22.0. The van der Waals surface area contributed by atoms with E-state index in [9.17, 15) is 4.79 Å². The fraction of sp³-hybridized carbons (Fsp3) is 0.250. The number of rotatable bonds is 3. The van der Waals surface area contributed by atoms with Crippen LogP contribution in [0.2, 0.25) is 0 Å². The molecule has 0 aromatic carbocycles. The molecule has 2 aromatic rings. The van der Waals surface area contributed by atoms with Gasteiger partial charge in [-0.2, -0.15) is 0 Å². The van der Waals surface area contributed by atoms with Crippen LogP contribution in [0.15, 0.2) is 29.9 Å². The molecule has 0 aliphatic heterocycles. The molecule has 2 rings (SSSR count). The molecule has 0 bridgehead atoms. The molecule has 0 saturated carbocycles. The highest BCUT2D eigenvalue weighted by Crippen LogP contribution is 2.22. The van der Waals surface area contributed by atoms with Crippen LogP contribution in [0.3, 0.4) is 0 Å². The van der Waals surface area contributed by atoms with E-state index in [0.717, 1.165) is 5.01 Å². The first-order chi connectivity index (χ1) is 8.59. The minimum absolute atomic E-state index is 0.0601. The van der Waals surface area contributed by atoms with Gasteiger partial charge in [-0.25, -0.2) is 9.97 Å². The van der Waals surface area contributed by atoms with Crippen molar-refractivity contribution >= 4 is 23.1 Å². The highest BCUT2D eigenvalue weighted by atomic mass is 32.1. The third kappa shape index (κ3) is 2.48. The summed E-state index contributed by atoms with van der Waals surface area (Å²) >= 11 is 1.53. The average molecular weight is 262 g/mol. The Morgan fingerprint density at radius 3 is 2.78 bits per heavy atom. The minimum atomic E-state index is -0.0924. The lowest BCUT2D eigenvalue weighted by Crippen LogP contribution is -2.29. The first-order valence-corrected chi connectivity index (χ1v) is 6.35. The molecule has 0 aliphatic carbocycles. The van der Waals surface area contributed by atoms with Gasteiger partial charge in [0.25, 0.3) is 5.91 Å². The Kier molecular flexibility index (Phi) is 3.57. The second-order valence-corrected chi connectivity index (χ2v) is 4.86. The van der Waals surface area contributed by atoms with Crippen LogP contribution < -0.4 is 5.73 Å². The third-order valence-corrected chi connectivity index (χ3v) is 3.69. The van der Waals surface area contributed by atoms with Gasteiger partial charge in [0.1, 0.15) is 10.8 Å². The SMILES string of the molecule is C[C@@H](c1nccs1)N(C)C(=O)c1ccc(N)nc1. The summed E-state index contributed by atoms with van der Waals surface area (Å²) in [6.45, 7) is 1.95. The number of pyridine rings is 1. The molecule has 0 fully saturated rings. The van der Waals surface area contributed by atoms with Crippen LogP contribution in [-0.4, -0.2) is 27.8 Å². The summed E-state index contributed by atoms with van der Waals surface area (Å²) in [6.07, 6.45) is 3.22. The molecule has 0 spiro atoms. The summed E-state index contributed by atoms with van der Waals surface area (Å²) in [5, 5.41) is 2.81. The van der Waals surface area contributed by atoms with Crippen molar-refractivity contribution in [1.29, 1.82) is 0 Å². The van der Waals surface area contributed by atoms with Gasteiger partial charge in [0.15, 0.2) is 0 Å². The zero-order valence-electron chi connectivity index (χ0n) is 10.2. The Morgan fingerprint density at radius 2 is 2.22 bits per heavy atom. The van der Waals surface area contributed by atoms with E-state index in [4.69, 9.17) is 5.73 Å². The zero-order valence-corrected chi connectivity index (χ0v) is 11.0. The lowest BCUT2D eigenvalue weighted by molar-refractivity contribution is 0.0742. The Balaban J connectivity index is 2.16. The van der Waals surface area contributed by atoms with E-state index in [2.05, 4.69) is 9.97 Å². The van der Waals surface area contributed by atoms with Gasteiger partial charge in [0.05, 0.1) is 11.6 Å². The van der Waals surface area contributed by atoms with E-state index >= 15 is 0 Å². The maximum absolute atomic E-state index is 12.2. The Morgan fingerprint density at radius 1 is 1.44 bits per heavy atom. The predicted octanol–water partition coefficient (Wildman–Crippen LogP) is 1.95. The lowest BCUT2D eigenvalue weighted by Gasteiger charge is -2.23. The highest BCUT2D eigenvalue weighted by Gasteiger charge is 2.20. The second-order valence-electron chi connectivity index (χ2n) is 3.93. The van der Waals surface area contributed by atoms with Gasteiger partial charge in [-0.3, -0.25) is 4.79 Å². The van der Waals surface area contributed by atoms with Gasteiger partial charge in [0, 0.05) is 24.8 Å². The Hall–Kier alpha value is -1.95. The maximum Gasteiger partial charge on any atom is 0.255 e. The van der Waals surface area contributed by atoms with Crippen LogP contribution in [0.1, 0.15) is 28.3 Å². The fourth-order valence-corrected chi connectivity index (χ4v) is 2.26. The van der Waals surface area contributed by atoms with Crippen molar-refractivity contribution in [3.63, 3.8) is 0 Å². The number of aromatic nitrogens is 2. The number of hydrogen-bond donors (Lipinski definition) is 1. The molecule has 0 radical (unpaired) electrons. The molecule has 94 valence electrons. The van der Waals surface area contributed by atoms with E-state index < -0.39 is 0 Å². The topological polar surface area (TPSA) is 72.1 Å². The van der Waals surface area contributed by atoms with Crippen LogP contribution in [0.4, 0.5) is 5.82 Å². The number of carbonyl (C=O) groups excluding carboxylic acids is 1. The number of anilines is 1. The van der Waals surface area contributed by atoms with Crippen LogP contribution >= 0.6 is 11.3 Å². The normalized spacial score (nSPS) is 12.1. The largest absolute Gasteiger partial charge is 0.384 e. The predicted molar refractivity (Wildman–Crippen MR) is 71.3 cm³/mol. The van der Waals surface area contributed by atoms with E-state index in [0.29, 0.717) is 11.4 Å². The fourth-order valence-electron chi connectivity index (χ4n) is 1.52. The number of nitrogens with two attached hydrogens (primary N) is 1. The van der Waals surface area contributed by atoms with Crippen LogP contribution in [0.25, 0.3) is 0 Å². The number of nitrogens with zero attached hydrogens (tertiary/aromatic N) is 3. The van der Waals surface area contributed by atoms with Crippen molar-refractivity contribution in [2.45, 2.75) is 13.0 Å². The van der Waals surface area contributed by atoms with Gasteiger partial charge in [0.2, 0.25) is 0 Å². The summed E-state index contributed by atoms with van der Waals surface area (Å²) in [5.74, 6) is 0.312. The van der Waals surface area contributed by atoms with Crippen LogP contribution in [0, 0.1) is 0 Å². The van der Waals surface area contributed by atoms with Gasteiger partial charge in [-0.05, 0) is 19.1 Å². The van der Waals surface area contributed by atoms with Crippen molar-refractivity contribution in [3.8, 4) is 0 Å². The number of amides is 1. The first-order valence-electron chi connectivity index (χ1n) is 5.47. The molecule has 6 heteroatoms. The molecular formula is C12H14N4OS. The van der Waals surface area contributed by atoms with Crippen LogP contribution in [-0.2, 0) is 0 Å². The van der Waals surface area contributed by atoms with Crippen molar-refractivity contribution in [1.82, 2.24) is 14.9 Å². The Bertz CT molecular complexity index is 524. The number of nitrogen functional groups attached to an aromatic ring is 1.